The largest absolute Gasteiger partial charge is 0.496 e. The third-order valence-electron chi connectivity index (χ3n) is 4.67. The molecule has 1 heterocycles. The Morgan fingerprint density at radius 1 is 1.15 bits per heavy atom. The average Bonchev–Trinajstić information content (AvgIpc) is 3.14. The molecule has 1 saturated heterocycles. The molecule has 0 aromatic heterocycles. The highest BCUT2D eigenvalue weighted by Gasteiger charge is 2.35. The van der Waals surface area contributed by atoms with E-state index >= 15 is 0 Å². The number of carbonyl (C=O) groups excluding carboxylic acids is 2. The number of nitrogens with zero attached hydrogens (tertiary/aromatic N) is 1. The number of benzene rings is 2. The van der Waals surface area contributed by atoms with Gasteiger partial charge in [0.25, 0.3) is 5.91 Å². The molecule has 27 heavy (non-hydrogen) atoms. The van der Waals surface area contributed by atoms with Crippen LogP contribution in [0.1, 0.15) is 28.8 Å². The van der Waals surface area contributed by atoms with Gasteiger partial charge in [0.2, 0.25) is 5.91 Å². The molecule has 3 rings (SSSR count). The standard InChI is InChI=1S/C20H20Cl2N2O3/c1-12-5-6-14(22)11-16(12)23-19(25)17-4-3-9-24(17)20(26)15-10-13(21)7-8-18(15)27-2/h5-8,10-11,17H,3-4,9H2,1-2H3,(H,23,25)/t17-/m0/s1. The van der Waals surface area contributed by atoms with E-state index in [0.29, 0.717) is 40.0 Å². The van der Waals surface area contributed by atoms with E-state index in [9.17, 15) is 9.59 Å². The lowest BCUT2D eigenvalue weighted by Crippen LogP contribution is -2.43. The van der Waals surface area contributed by atoms with Crippen LogP contribution in [0.5, 0.6) is 5.75 Å². The summed E-state index contributed by atoms with van der Waals surface area (Å²) in [5.41, 5.74) is 1.90. The summed E-state index contributed by atoms with van der Waals surface area (Å²) >= 11 is 12.1. The Morgan fingerprint density at radius 2 is 1.85 bits per heavy atom. The van der Waals surface area contributed by atoms with E-state index in [1.54, 1.807) is 35.2 Å². The van der Waals surface area contributed by atoms with Gasteiger partial charge in [-0.3, -0.25) is 9.59 Å². The van der Waals surface area contributed by atoms with Crippen molar-refractivity contribution in [2.45, 2.75) is 25.8 Å². The molecule has 5 nitrogen and oxygen atoms in total. The van der Waals surface area contributed by atoms with Gasteiger partial charge < -0.3 is 15.0 Å². The van der Waals surface area contributed by atoms with Gasteiger partial charge in [-0.2, -0.15) is 0 Å². The minimum absolute atomic E-state index is 0.229. The number of amides is 2. The van der Waals surface area contributed by atoms with Gasteiger partial charge in [-0.25, -0.2) is 0 Å². The van der Waals surface area contributed by atoms with Gasteiger partial charge in [0, 0.05) is 22.3 Å². The number of likely N-dealkylation sites (tertiary alicyclic amines) is 1. The zero-order chi connectivity index (χ0) is 19.6. The van der Waals surface area contributed by atoms with Crippen LogP contribution in [-0.4, -0.2) is 36.4 Å². The molecule has 0 bridgehead atoms. The Bertz CT molecular complexity index is 886. The van der Waals surface area contributed by atoms with Gasteiger partial charge in [0.05, 0.1) is 12.7 Å². The van der Waals surface area contributed by atoms with Crippen LogP contribution in [-0.2, 0) is 4.79 Å². The molecule has 0 saturated carbocycles. The summed E-state index contributed by atoms with van der Waals surface area (Å²) in [6, 6.07) is 9.63. The highest BCUT2D eigenvalue weighted by Crippen LogP contribution is 2.29. The molecular weight excluding hydrogens is 387 g/mol. The summed E-state index contributed by atoms with van der Waals surface area (Å²) in [4.78, 5) is 27.5. The fraction of sp³-hybridized carbons (Fsp3) is 0.300. The Balaban J connectivity index is 1.82. The number of ether oxygens (including phenoxy) is 1. The Hall–Kier alpha value is -2.24. The van der Waals surface area contributed by atoms with Crippen LogP contribution in [0.3, 0.4) is 0 Å². The van der Waals surface area contributed by atoms with E-state index in [1.165, 1.54) is 7.11 Å². The first-order valence-electron chi connectivity index (χ1n) is 8.62. The van der Waals surface area contributed by atoms with Crippen molar-refractivity contribution in [3.05, 3.63) is 57.6 Å². The number of methoxy groups -OCH3 is 1. The van der Waals surface area contributed by atoms with Crippen LogP contribution in [0.2, 0.25) is 10.0 Å². The van der Waals surface area contributed by atoms with Crippen molar-refractivity contribution >= 4 is 40.7 Å². The molecule has 1 aliphatic rings. The number of hydrogen-bond donors (Lipinski definition) is 1. The minimum atomic E-state index is -0.556. The monoisotopic (exact) mass is 406 g/mol. The van der Waals surface area contributed by atoms with Crippen LogP contribution in [0, 0.1) is 6.92 Å². The van der Waals surface area contributed by atoms with E-state index < -0.39 is 6.04 Å². The number of carbonyl (C=O) groups is 2. The first kappa shape index (κ1) is 19.5. The van der Waals surface area contributed by atoms with Crippen LogP contribution < -0.4 is 10.1 Å². The lowest BCUT2D eigenvalue weighted by atomic mass is 10.1. The summed E-state index contributed by atoms with van der Waals surface area (Å²) in [7, 11) is 1.50. The van der Waals surface area contributed by atoms with Crippen LogP contribution in [0.15, 0.2) is 36.4 Å². The zero-order valence-corrected chi connectivity index (χ0v) is 16.6. The summed E-state index contributed by atoms with van der Waals surface area (Å²) < 4.78 is 5.28. The molecule has 1 atom stereocenters. The van der Waals surface area contributed by atoms with Crippen LogP contribution >= 0.6 is 23.2 Å². The second-order valence-electron chi connectivity index (χ2n) is 6.45. The van der Waals surface area contributed by atoms with Crippen molar-refractivity contribution in [1.82, 2.24) is 4.90 Å². The molecule has 1 fully saturated rings. The van der Waals surface area contributed by atoms with Crippen molar-refractivity contribution < 1.29 is 14.3 Å². The van der Waals surface area contributed by atoms with Gasteiger partial charge >= 0.3 is 0 Å². The molecule has 0 unspecified atom stereocenters. The molecular formula is C20H20Cl2N2O3. The van der Waals surface area contributed by atoms with Gasteiger partial charge in [0.1, 0.15) is 11.8 Å². The second kappa shape index (κ2) is 8.19. The SMILES string of the molecule is COc1ccc(Cl)cc1C(=O)N1CCC[C@H]1C(=O)Nc1cc(Cl)ccc1C. The summed E-state index contributed by atoms with van der Waals surface area (Å²) in [5, 5.41) is 3.87. The smallest absolute Gasteiger partial charge is 0.258 e. The van der Waals surface area contributed by atoms with Crippen molar-refractivity contribution in [2.75, 3.05) is 19.0 Å². The van der Waals surface area contributed by atoms with Gasteiger partial charge in [-0.05, 0) is 55.7 Å². The molecule has 142 valence electrons. The highest BCUT2D eigenvalue weighted by atomic mass is 35.5. The molecule has 2 amide bonds. The fourth-order valence-corrected chi connectivity index (χ4v) is 3.57. The molecule has 0 aliphatic carbocycles. The normalized spacial score (nSPS) is 16.3. The average molecular weight is 407 g/mol. The first-order valence-corrected chi connectivity index (χ1v) is 9.38. The third-order valence-corrected chi connectivity index (χ3v) is 5.14. The number of nitrogens with one attached hydrogen (secondary N) is 1. The van der Waals surface area contributed by atoms with E-state index in [2.05, 4.69) is 5.32 Å². The number of rotatable bonds is 4. The van der Waals surface area contributed by atoms with Gasteiger partial charge in [0.15, 0.2) is 0 Å². The maximum absolute atomic E-state index is 13.1. The predicted molar refractivity (Wildman–Crippen MR) is 107 cm³/mol. The highest BCUT2D eigenvalue weighted by molar-refractivity contribution is 6.31. The zero-order valence-electron chi connectivity index (χ0n) is 15.1. The summed E-state index contributed by atoms with van der Waals surface area (Å²) in [6.07, 6.45) is 1.35. The Morgan fingerprint density at radius 3 is 2.59 bits per heavy atom. The Kier molecular flexibility index (Phi) is 5.92. The van der Waals surface area contributed by atoms with Crippen LogP contribution in [0.4, 0.5) is 5.69 Å². The van der Waals surface area contributed by atoms with Crippen molar-refractivity contribution in [2.24, 2.45) is 0 Å². The van der Waals surface area contributed by atoms with Crippen molar-refractivity contribution in [1.29, 1.82) is 0 Å². The molecule has 2 aromatic carbocycles. The number of hydrogen-bond acceptors (Lipinski definition) is 3. The molecule has 1 N–H and O–H groups in total. The maximum atomic E-state index is 13.1. The van der Waals surface area contributed by atoms with E-state index in [1.807, 2.05) is 13.0 Å². The first-order chi connectivity index (χ1) is 12.9. The second-order valence-corrected chi connectivity index (χ2v) is 7.32. The lowest BCUT2D eigenvalue weighted by Gasteiger charge is -2.25. The molecule has 0 spiro atoms. The number of anilines is 1. The summed E-state index contributed by atoms with van der Waals surface area (Å²) in [6.45, 7) is 2.39. The molecule has 1 aliphatic heterocycles. The minimum Gasteiger partial charge on any atom is -0.496 e. The molecule has 0 radical (unpaired) electrons. The van der Waals surface area contributed by atoms with E-state index in [4.69, 9.17) is 27.9 Å². The maximum Gasteiger partial charge on any atom is 0.258 e. The Labute approximate surface area is 168 Å². The van der Waals surface area contributed by atoms with E-state index in [-0.39, 0.29) is 11.8 Å². The van der Waals surface area contributed by atoms with Gasteiger partial charge in [-0.15, -0.1) is 0 Å². The number of halogens is 2. The number of aryl methyl sites for hydroxylation is 1. The fourth-order valence-electron chi connectivity index (χ4n) is 3.23. The lowest BCUT2D eigenvalue weighted by molar-refractivity contribution is -0.119. The summed E-state index contributed by atoms with van der Waals surface area (Å²) in [5.74, 6) is -0.0665. The quantitative estimate of drug-likeness (QED) is 0.809. The topological polar surface area (TPSA) is 58.6 Å². The van der Waals surface area contributed by atoms with Gasteiger partial charge in [-0.1, -0.05) is 29.3 Å². The van der Waals surface area contributed by atoms with Crippen LogP contribution in [0.25, 0.3) is 0 Å². The van der Waals surface area contributed by atoms with E-state index in [0.717, 1.165) is 12.0 Å². The predicted octanol–water partition coefficient (Wildman–Crippen LogP) is 4.55. The van der Waals surface area contributed by atoms with Crippen molar-refractivity contribution in [3.8, 4) is 5.75 Å². The molecule has 7 heteroatoms. The molecule has 2 aromatic rings. The van der Waals surface area contributed by atoms with Crippen molar-refractivity contribution in [3.63, 3.8) is 0 Å². The third kappa shape index (κ3) is 4.20.